The van der Waals surface area contributed by atoms with Crippen LogP contribution in [0.4, 0.5) is 5.69 Å². The highest BCUT2D eigenvalue weighted by Gasteiger charge is 2.27. The van der Waals surface area contributed by atoms with E-state index in [9.17, 15) is 4.79 Å². The average Bonchev–Trinajstić information content (AvgIpc) is 2.28. The van der Waals surface area contributed by atoms with Crippen molar-refractivity contribution in [2.75, 3.05) is 5.32 Å². The molecular weight excluding hydrogens is 224 g/mol. The van der Waals surface area contributed by atoms with Crippen LogP contribution in [0.15, 0.2) is 24.3 Å². The van der Waals surface area contributed by atoms with E-state index in [2.05, 4.69) is 26.1 Å². The highest BCUT2D eigenvalue weighted by molar-refractivity contribution is 5.98. The molecule has 3 N–H and O–H groups in total. The molecule has 0 aliphatic rings. The fraction of sp³-hybridized carbons (Fsp3) is 0.533. The maximum atomic E-state index is 12.1. The third-order valence-electron chi connectivity index (χ3n) is 3.24. The van der Waals surface area contributed by atoms with Gasteiger partial charge in [-0.2, -0.15) is 0 Å². The van der Waals surface area contributed by atoms with Gasteiger partial charge < -0.3 is 11.1 Å². The van der Waals surface area contributed by atoms with Crippen molar-refractivity contribution in [1.82, 2.24) is 0 Å². The van der Waals surface area contributed by atoms with Gasteiger partial charge in [0.15, 0.2) is 0 Å². The van der Waals surface area contributed by atoms with Crippen LogP contribution in [0.2, 0.25) is 0 Å². The van der Waals surface area contributed by atoms with Gasteiger partial charge in [-0.15, -0.1) is 0 Å². The second-order valence-corrected chi connectivity index (χ2v) is 6.02. The van der Waals surface area contributed by atoms with Crippen LogP contribution < -0.4 is 11.1 Å². The van der Waals surface area contributed by atoms with Gasteiger partial charge in [-0.05, 0) is 30.4 Å². The number of carbonyl (C=O) groups excluding carboxylic acids is 1. The molecule has 1 atom stereocenters. The molecule has 1 amide bonds. The van der Waals surface area contributed by atoms with E-state index in [0.717, 1.165) is 11.3 Å². The van der Waals surface area contributed by atoms with Crippen LogP contribution in [0.25, 0.3) is 0 Å². The van der Waals surface area contributed by atoms with Gasteiger partial charge in [0.2, 0.25) is 5.91 Å². The lowest BCUT2D eigenvalue weighted by atomic mass is 9.85. The number of hydrogen-bond acceptors (Lipinski definition) is 2. The number of amides is 1. The second-order valence-electron chi connectivity index (χ2n) is 6.02. The highest BCUT2D eigenvalue weighted by Crippen LogP contribution is 2.29. The molecule has 1 rings (SSSR count). The lowest BCUT2D eigenvalue weighted by Crippen LogP contribution is -2.48. The second kappa shape index (κ2) is 5.11. The van der Waals surface area contributed by atoms with Crippen LogP contribution in [0.3, 0.4) is 0 Å². The minimum Gasteiger partial charge on any atom is -0.324 e. The molecule has 0 aromatic heterocycles. The molecule has 0 aliphatic heterocycles. The number of rotatable bonds is 3. The van der Waals surface area contributed by atoms with E-state index in [1.165, 1.54) is 0 Å². The van der Waals surface area contributed by atoms with Crippen molar-refractivity contribution in [2.45, 2.75) is 52.0 Å². The van der Waals surface area contributed by atoms with E-state index < -0.39 is 5.54 Å². The number of carbonyl (C=O) groups is 1. The van der Waals surface area contributed by atoms with E-state index in [1.807, 2.05) is 31.2 Å². The lowest BCUT2D eigenvalue weighted by molar-refractivity contribution is -0.120. The molecule has 100 valence electrons. The van der Waals surface area contributed by atoms with Crippen LogP contribution >= 0.6 is 0 Å². The number of nitrogens with one attached hydrogen (secondary N) is 1. The van der Waals surface area contributed by atoms with Crippen molar-refractivity contribution in [3.8, 4) is 0 Å². The molecule has 0 bridgehead atoms. The fourth-order valence-electron chi connectivity index (χ4n) is 1.67. The van der Waals surface area contributed by atoms with Crippen molar-refractivity contribution < 1.29 is 4.79 Å². The largest absolute Gasteiger partial charge is 0.324 e. The van der Waals surface area contributed by atoms with Gasteiger partial charge in [0.25, 0.3) is 0 Å². The Kier molecular flexibility index (Phi) is 4.17. The Labute approximate surface area is 110 Å². The van der Waals surface area contributed by atoms with Crippen molar-refractivity contribution in [2.24, 2.45) is 5.73 Å². The van der Waals surface area contributed by atoms with Crippen LogP contribution in [0.1, 0.15) is 46.6 Å². The number of benzene rings is 1. The molecule has 0 fully saturated rings. The highest BCUT2D eigenvalue weighted by atomic mass is 16.2. The summed E-state index contributed by atoms with van der Waals surface area (Å²) < 4.78 is 0. The summed E-state index contributed by atoms with van der Waals surface area (Å²) in [5.74, 6) is -0.137. The molecule has 1 unspecified atom stereocenters. The van der Waals surface area contributed by atoms with Crippen molar-refractivity contribution in [3.63, 3.8) is 0 Å². The number of anilines is 1. The van der Waals surface area contributed by atoms with Crippen molar-refractivity contribution in [1.29, 1.82) is 0 Å². The lowest BCUT2D eigenvalue weighted by Gasteiger charge is -2.26. The Morgan fingerprint density at radius 1 is 1.22 bits per heavy atom. The molecule has 3 heteroatoms. The van der Waals surface area contributed by atoms with Gasteiger partial charge in [0, 0.05) is 5.69 Å². The smallest absolute Gasteiger partial charge is 0.244 e. The summed E-state index contributed by atoms with van der Waals surface area (Å²) in [6, 6.07) is 7.86. The van der Waals surface area contributed by atoms with Gasteiger partial charge in [-0.1, -0.05) is 45.9 Å². The number of hydrogen-bond donors (Lipinski definition) is 2. The number of nitrogens with two attached hydrogens (primary N) is 1. The molecule has 0 spiro atoms. The van der Waals surface area contributed by atoms with E-state index in [-0.39, 0.29) is 11.3 Å². The monoisotopic (exact) mass is 248 g/mol. The van der Waals surface area contributed by atoms with Crippen LogP contribution in [0, 0.1) is 0 Å². The van der Waals surface area contributed by atoms with Crippen LogP contribution in [-0.2, 0) is 10.2 Å². The zero-order valence-corrected chi connectivity index (χ0v) is 12.0. The van der Waals surface area contributed by atoms with Crippen molar-refractivity contribution >= 4 is 11.6 Å². The molecular formula is C15H24N2O. The number of para-hydroxylation sites is 1. The maximum absolute atomic E-state index is 12.1. The van der Waals surface area contributed by atoms with Gasteiger partial charge in [0.1, 0.15) is 0 Å². The standard InChI is InChI=1S/C15H24N2O/c1-6-15(5,16)13(18)17-12-10-8-7-9-11(12)14(2,3)4/h7-10H,6,16H2,1-5H3,(H,17,18). The molecule has 0 saturated carbocycles. The summed E-state index contributed by atoms with van der Waals surface area (Å²) in [7, 11) is 0. The third kappa shape index (κ3) is 3.33. The minimum absolute atomic E-state index is 0.0128. The summed E-state index contributed by atoms with van der Waals surface area (Å²) in [6.45, 7) is 10.0. The zero-order valence-electron chi connectivity index (χ0n) is 12.0. The summed E-state index contributed by atoms with van der Waals surface area (Å²) >= 11 is 0. The maximum Gasteiger partial charge on any atom is 0.244 e. The summed E-state index contributed by atoms with van der Waals surface area (Å²) in [6.07, 6.45) is 0.608. The Balaban J connectivity index is 3.03. The Bertz CT molecular complexity index is 430. The van der Waals surface area contributed by atoms with Crippen LogP contribution in [-0.4, -0.2) is 11.4 Å². The molecule has 18 heavy (non-hydrogen) atoms. The molecule has 0 heterocycles. The summed E-state index contributed by atoms with van der Waals surface area (Å²) in [5, 5.41) is 2.94. The van der Waals surface area contributed by atoms with Gasteiger partial charge in [-0.3, -0.25) is 4.79 Å². The molecule has 0 saturated heterocycles. The first-order chi connectivity index (χ1) is 8.18. The first-order valence-corrected chi connectivity index (χ1v) is 6.38. The van der Waals surface area contributed by atoms with Gasteiger partial charge in [-0.25, -0.2) is 0 Å². The van der Waals surface area contributed by atoms with Gasteiger partial charge in [0.05, 0.1) is 5.54 Å². The fourth-order valence-corrected chi connectivity index (χ4v) is 1.67. The third-order valence-corrected chi connectivity index (χ3v) is 3.24. The Morgan fingerprint density at radius 3 is 2.28 bits per heavy atom. The van der Waals surface area contributed by atoms with Gasteiger partial charge >= 0.3 is 0 Å². The summed E-state index contributed by atoms with van der Waals surface area (Å²) in [5.41, 5.74) is 7.08. The van der Waals surface area contributed by atoms with E-state index in [0.29, 0.717) is 6.42 Å². The topological polar surface area (TPSA) is 55.1 Å². The predicted octanol–water partition coefficient (Wildman–Crippen LogP) is 3.05. The first-order valence-electron chi connectivity index (χ1n) is 6.38. The molecule has 0 radical (unpaired) electrons. The molecule has 3 nitrogen and oxygen atoms in total. The van der Waals surface area contributed by atoms with Crippen molar-refractivity contribution in [3.05, 3.63) is 29.8 Å². The van der Waals surface area contributed by atoms with E-state index in [1.54, 1.807) is 6.92 Å². The zero-order chi connectivity index (χ0) is 14.0. The quantitative estimate of drug-likeness (QED) is 0.863. The molecule has 0 aliphatic carbocycles. The average molecular weight is 248 g/mol. The van der Waals surface area contributed by atoms with Crippen LogP contribution in [0.5, 0.6) is 0 Å². The minimum atomic E-state index is -0.828. The normalized spacial score (nSPS) is 15.0. The first kappa shape index (κ1) is 14.7. The SMILES string of the molecule is CCC(C)(N)C(=O)Nc1ccccc1C(C)(C)C. The Hall–Kier alpha value is -1.35. The molecule has 1 aromatic carbocycles. The molecule has 1 aromatic rings. The summed E-state index contributed by atoms with van der Waals surface area (Å²) in [4.78, 5) is 12.1. The van der Waals surface area contributed by atoms with E-state index >= 15 is 0 Å². The van der Waals surface area contributed by atoms with E-state index in [4.69, 9.17) is 5.73 Å². The predicted molar refractivity (Wildman–Crippen MR) is 76.7 cm³/mol. The Morgan fingerprint density at radius 2 is 1.78 bits per heavy atom.